The molecule has 3 rings (SSSR count). The van der Waals surface area contributed by atoms with E-state index in [9.17, 15) is 14.2 Å². The third-order valence-corrected chi connectivity index (χ3v) is 5.72. The highest BCUT2D eigenvalue weighted by Gasteiger charge is 2.58. The average molecular weight is 360 g/mol. The van der Waals surface area contributed by atoms with Crippen molar-refractivity contribution in [3.63, 3.8) is 0 Å². The van der Waals surface area contributed by atoms with Gasteiger partial charge in [-0.1, -0.05) is 13.8 Å². The van der Waals surface area contributed by atoms with Crippen molar-refractivity contribution in [3.8, 4) is 0 Å². The van der Waals surface area contributed by atoms with Gasteiger partial charge in [-0.2, -0.15) is 0 Å². The monoisotopic (exact) mass is 360 g/mol. The maximum atomic E-state index is 12.6. The molecule has 2 fully saturated rings. The van der Waals surface area contributed by atoms with Crippen LogP contribution in [-0.4, -0.2) is 34.5 Å². The first kappa shape index (κ1) is 17.6. The number of hydrogen-bond donors (Lipinski definition) is 1. The molecule has 0 aromatic carbocycles. The van der Waals surface area contributed by atoms with E-state index in [1.807, 2.05) is 13.8 Å². The summed E-state index contributed by atoms with van der Waals surface area (Å²) in [5, 5.41) is 0. The van der Waals surface area contributed by atoms with E-state index in [0.717, 1.165) is 0 Å². The van der Waals surface area contributed by atoms with Crippen LogP contribution in [0.5, 0.6) is 0 Å². The molecule has 134 valence electrons. The Bertz CT molecular complexity index is 784. The summed E-state index contributed by atoms with van der Waals surface area (Å²) in [5.74, 6) is 0. The number of nitrogens with one attached hydrogen (secondary N) is 1. The average Bonchev–Trinajstić information content (AvgIpc) is 2.69. The molecule has 4 atom stereocenters. The molecule has 10 heteroatoms. The summed E-state index contributed by atoms with van der Waals surface area (Å²) in [5.41, 5.74) is -1.77. The number of hydrogen-bond acceptors (Lipinski definition) is 7. The Kier molecular flexibility index (Phi) is 4.34. The van der Waals surface area contributed by atoms with Crippen LogP contribution in [0.25, 0.3) is 0 Å². The number of phosphoric acid groups is 1. The van der Waals surface area contributed by atoms with Gasteiger partial charge >= 0.3 is 13.5 Å². The van der Waals surface area contributed by atoms with Gasteiger partial charge in [0.1, 0.15) is 18.4 Å². The number of aromatic amines is 1. The van der Waals surface area contributed by atoms with Crippen LogP contribution in [0.2, 0.25) is 0 Å². The quantitative estimate of drug-likeness (QED) is 0.812. The van der Waals surface area contributed by atoms with Gasteiger partial charge in [0.05, 0.1) is 12.7 Å². The minimum Gasteiger partial charge on any atom is -0.349 e. The van der Waals surface area contributed by atoms with Gasteiger partial charge in [-0.25, -0.2) is 9.36 Å². The standard InChI is InChI=1S/C14H21N2O7P/c1-8(2)22-24(19)20-7-9-11(23-24)14(3,4)12(21-9)16-6-5-10(17)15-13(16)18/h5-6,8-9,11-12H,7H2,1-4H3,(H,15,17,18). The molecule has 2 aliphatic rings. The van der Waals surface area contributed by atoms with E-state index in [2.05, 4.69) is 4.98 Å². The molecule has 1 N–H and O–H groups in total. The predicted octanol–water partition coefficient (Wildman–Crippen LogP) is 1.41. The zero-order valence-corrected chi connectivity index (χ0v) is 14.8. The van der Waals surface area contributed by atoms with Crippen LogP contribution >= 0.6 is 7.82 Å². The van der Waals surface area contributed by atoms with E-state index in [-0.39, 0.29) is 12.7 Å². The second-order valence-electron chi connectivity index (χ2n) is 6.79. The Hall–Kier alpha value is -1.25. The van der Waals surface area contributed by atoms with Crippen molar-refractivity contribution >= 4 is 7.82 Å². The molecule has 24 heavy (non-hydrogen) atoms. The molecule has 1 aromatic heterocycles. The van der Waals surface area contributed by atoms with Crippen molar-refractivity contribution in [2.75, 3.05) is 6.61 Å². The number of fused-ring (bicyclic) bond motifs is 1. The lowest BCUT2D eigenvalue weighted by molar-refractivity contribution is -0.0749. The van der Waals surface area contributed by atoms with Crippen molar-refractivity contribution in [2.24, 2.45) is 5.41 Å². The van der Waals surface area contributed by atoms with Gasteiger partial charge in [-0.3, -0.25) is 27.9 Å². The first-order valence-corrected chi connectivity index (χ1v) is 9.17. The van der Waals surface area contributed by atoms with Gasteiger partial charge in [0.25, 0.3) is 5.56 Å². The third kappa shape index (κ3) is 3.02. The summed E-state index contributed by atoms with van der Waals surface area (Å²) in [4.78, 5) is 25.5. The minimum absolute atomic E-state index is 0.0344. The summed E-state index contributed by atoms with van der Waals surface area (Å²) in [6.07, 6.45) is -0.737. The molecule has 0 aliphatic carbocycles. The fourth-order valence-corrected chi connectivity index (χ4v) is 4.75. The first-order valence-electron chi connectivity index (χ1n) is 7.71. The lowest BCUT2D eigenvalue weighted by Gasteiger charge is -2.36. The van der Waals surface area contributed by atoms with Crippen LogP contribution in [-0.2, 0) is 22.9 Å². The number of ether oxygens (including phenoxy) is 1. The lowest BCUT2D eigenvalue weighted by Crippen LogP contribution is -2.42. The van der Waals surface area contributed by atoms with Crippen LogP contribution in [0.1, 0.15) is 33.9 Å². The molecule has 2 aliphatic heterocycles. The van der Waals surface area contributed by atoms with Crippen molar-refractivity contribution in [2.45, 2.75) is 52.2 Å². The Labute approximate surface area is 138 Å². The molecule has 2 saturated heterocycles. The maximum absolute atomic E-state index is 12.6. The molecular weight excluding hydrogens is 339 g/mol. The molecule has 9 nitrogen and oxygen atoms in total. The number of H-pyrrole nitrogens is 1. The Balaban J connectivity index is 1.91. The smallest absolute Gasteiger partial charge is 0.349 e. The van der Waals surface area contributed by atoms with E-state index >= 15 is 0 Å². The van der Waals surface area contributed by atoms with E-state index in [0.29, 0.717) is 0 Å². The topological polar surface area (TPSA) is 109 Å². The van der Waals surface area contributed by atoms with Gasteiger partial charge in [0.2, 0.25) is 0 Å². The highest BCUT2D eigenvalue weighted by atomic mass is 31.2. The molecular formula is C14H21N2O7P. The summed E-state index contributed by atoms with van der Waals surface area (Å²) >= 11 is 0. The predicted molar refractivity (Wildman–Crippen MR) is 83.7 cm³/mol. The summed E-state index contributed by atoms with van der Waals surface area (Å²) < 4.78 is 36.0. The first-order chi connectivity index (χ1) is 11.1. The number of aromatic nitrogens is 2. The summed E-state index contributed by atoms with van der Waals surface area (Å²) in [6, 6.07) is 1.24. The Morgan fingerprint density at radius 2 is 2.12 bits per heavy atom. The molecule has 3 heterocycles. The van der Waals surface area contributed by atoms with Crippen LogP contribution in [0.15, 0.2) is 21.9 Å². The van der Waals surface area contributed by atoms with Crippen LogP contribution in [0.3, 0.4) is 0 Å². The second kappa shape index (κ2) is 5.93. The van der Waals surface area contributed by atoms with E-state index in [4.69, 9.17) is 18.3 Å². The van der Waals surface area contributed by atoms with E-state index < -0.39 is 42.9 Å². The van der Waals surface area contributed by atoms with Gasteiger partial charge in [-0.15, -0.1) is 0 Å². The SMILES string of the molecule is CC(C)OP1(=O)OCC2OC(n3ccc(=O)[nH]c3=O)C(C)(C)C2O1. The van der Waals surface area contributed by atoms with Crippen LogP contribution < -0.4 is 11.2 Å². The highest BCUT2D eigenvalue weighted by molar-refractivity contribution is 7.48. The van der Waals surface area contributed by atoms with Gasteiger partial charge < -0.3 is 4.74 Å². The number of nitrogens with zero attached hydrogens (tertiary/aromatic N) is 1. The molecule has 0 radical (unpaired) electrons. The van der Waals surface area contributed by atoms with E-state index in [1.165, 1.54) is 16.8 Å². The fourth-order valence-electron chi connectivity index (χ4n) is 3.05. The van der Waals surface area contributed by atoms with Crippen LogP contribution in [0, 0.1) is 5.41 Å². The Morgan fingerprint density at radius 1 is 1.42 bits per heavy atom. The molecule has 0 bridgehead atoms. The van der Waals surface area contributed by atoms with Crippen molar-refractivity contribution in [3.05, 3.63) is 33.1 Å². The molecule has 0 amide bonds. The van der Waals surface area contributed by atoms with Crippen molar-refractivity contribution < 1.29 is 22.9 Å². The number of rotatable bonds is 3. The fraction of sp³-hybridized carbons (Fsp3) is 0.714. The van der Waals surface area contributed by atoms with Gasteiger partial charge in [0, 0.05) is 17.7 Å². The maximum Gasteiger partial charge on any atom is 0.475 e. The van der Waals surface area contributed by atoms with Gasteiger partial charge in [0.15, 0.2) is 0 Å². The number of phosphoric ester groups is 1. The molecule has 4 unspecified atom stereocenters. The van der Waals surface area contributed by atoms with E-state index in [1.54, 1.807) is 13.8 Å². The third-order valence-electron chi connectivity index (χ3n) is 4.09. The van der Waals surface area contributed by atoms with Crippen LogP contribution in [0.4, 0.5) is 0 Å². The second-order valence-corrected chi connectivity index (χ2v) is 8.36. The normalized spacial score (nSPS) is 35.1. The van der Waals surface area contributed by atoms with Crippen molar-refractivity contribution in [1.29, 1.82) is 0 Å². The van der Waals surface area contributed by atoms with Crippen molar-refractivity contribution in [1.82, 2.24) is 9.55 Å². The van der Waals surface area contributed by atoms with Gasteiger partial charge in [-0.05, 0) is 13.8 Å². The lowest BCUT2D eigenvalue weighted by atomic mass is 9.84. The molecule has 1 aromatic rings. The minimum atomic E-state index is -3.68. The Morgan fingerprint density at radius 3 is 2.75 bits per heavy atom. The molecule has 0 saturated carbocycles. The zero-order valence-electron chi connectivity index (χ0n) is 13.9. The highest BCUT2D eigenvalue weighted by Crippen LogP contribution is 2.61. The summed E-state index contributed by atoms with van der Waals surface area (Å²) in [7, 11) is -3.68. The summed E-state index contributed by atoms with van der Waals surface area (Å²) in [6.45, 7) is 7.18. The molecule has 0 spiro atoms. The zero-order chi connectivity index (χ0) is 17.7. The largest absolute Gasteiger partial charge is 0.475 e.